The van der Waals surface area contributed by atoms with Gasteiger partial charge >= 0.3 is 5.97 Å². The first-order chi connectivity index (χ1) is 9.02. The van der Waals surface area contributed by atoms with Gasteiger partial charge < -0.3 is 15.2 Å². The first kappa shape index (κ1) is 12.9. The Bertz CT molecular complexity index is 664. The zero-order chi connectivity index (χ0) is 14.0. The summed E-state index contributed by atoms with van der Waals surface area (Å²) in [5.74, 6) is -0.810. The summed E-state index contributed by atoms with van der Waals surface area (Å²) in [5, 5.41) is 13.7. The van der Waals surface area contributed by atoms with E-state index < -0.39 is 5.97 Å². The van der Waals surface area contributed by atoms with E-state index in [4.69, 9.17) is 0 Å². The molecule has 0 aliphatic carbocycles. The van der Waals surface area contributed by atoms with Gasteiger partial charge in [0.2, 0.25) is 5.91 Å². The maximum Gasteiger partial charge on any atom is 0.338 e. The number of phenols is 1. The highest BCUT2D eigenvalue weighted by Gasteiger charge is 2.12. The molecule has 0 aromatic heterocycles. The van der Waals surface area contributed by atoms with E-state index in [2.05, 4.69) is 10.1 Å². The van der Waals surface area contributed by atoms with Gasteiger partial charge in [-0.15, -0.1) is 0 Å². The van der Waals surface area contributed by atoms with Crippen LogP contribution in [0.2, 0.25) is 0 Å². The molecule has 0 aliphatic rings. The summed E-state index contributed by atoms with van der Waals surface area (Å²) >= 11 is 0. The molecule has 0 radical (unpaired) electrons. The van der Waals surface area contributed by atoms with Crippen LogP contribution in [0.4, 0.5) is 5.69 Å². The normalized spacial score (nSPS) is 10.2. The number of carbonyl (C=O) groups excluding carboxylic acids is 2. The SMILES string of the molecule is COC(=O)c1cc(O)c2cccc(NC(C)=O)c2c1. The number of nitrogens with one attached hydrogen (secondary N) is 1. The maximum absolute atomic E-state index is 11.5. The second-order valence-electron chi connectivity index (χ2n) is 4.07. The third-order valence-electron chi connectivity index (χ3n) is 2.71. The number of esters is 1. The molecule has 98 valence electrons. The smallest absolute Gasteiger partial charge is 0.338 e. The minimum Gasteiger partial charge on any atom is -0.507 e. The van der Waals surface area contributed by atoms with Gasteiger partial charge in [0, 0.05) is 23.4 Å². The van der Waals surface area contributed by atoms with Gasteiger partial charge in [0.05, 0.1) is 12.7 Å². The minimum atomic E-state index is -0.546. The highest BCUT2D eigenvalue weighted by molar-refractivity contribution is 6.06. The average Bonchev–Trinajstić information content (AvgIpc) is 2.38. The van der Waals surface area contributed by atoms with E-state index in [1.54, 1.807) is 24.3 Å². The molecule has 0 spiro atoms. The van der Waals surface area contributed by atoms with Crippen LogP contribution < -0.4 is 5.32 Å². The molecule has 0 heterocycles. The van der Waals surface area contributed by atoms with E-state index in [-0.39, 0.29) is 17.2 Å². The molecule has 19 heavy (non-hydrogen) atoms. The lowest BCUT2D eigenvalue weighted by Crippen LogP contribution is -2.07. The van der Waals surface area contributed by atoms with Crippen LogP contribution in [0.1, 0.15) is 17.3 Å². The van der Waals surface area contributed by atoms with Crippen molar-refractivity contribution in [3.05, 3.63) is 35.9 Å². The van der Waals surface area contributed by atoms with Crippen molar-refractivity contribution in [3.8, 4) is 5.75 Å². The number of anilines is 1. The standard InChI is InChI=1S/C14H13NO4/c1-8(16)15-12-5-3-4-10-11(12)6-9(7-13(10)17)14(18)19-2/h3-7,17H,1-2H3,(H,15,16). The highest BCUT2D eigenvalue weighted by Crippen LogP contribution is 2.31. The molecule has 1 amide bonds. The molecule has 2 aromatic rings. The molecule has 2 aromatic carbocycles. The van der Waals surface area contributed by atoms with Gasteiger partial charge in [-0.05, 0) is 18.2 Å². The van der Waals surface area contributed by atoms with E-state index in [9.17, 15) is 14.7 Å². The third kappa shape index (κ3) is 2.49. The largest absolute Gasteiger partial charge is 0.507 e. The van der Waals surface area contributed by atoms with Crippen LogP contribution in [0.5, 0.6) is 5.75 Å². The van der Waals surface area contributed by atoms with Crippen molar-refractivity contribution >= 4 is 28.3 Å². The Morgan fingerprint density at radius 3 is 2.58 bits per heavy atom. The number of hydrogen-bond acceptors (Lipinski definition) is 4. The number of carbonyl (C=O) groups is 2. The molecule has 2 N–H and O–H groups in total. The van der Waals surface area contributed by atoms with Crippen LogP contribution in [-0.4, -0.2) is 24.1 Å². The maximum atomic E-state index is 11.5. The quantitative estimate of drug-likeness (QED) is 0.811. The lowest BCUT2D eigenvalue weighted by molar-refractivity contribution is -0.114. The van der Waals surface area contributed by atoms with Gasteiger partial charge in [-0.1, -0.05) is 12.1 Å². The summed E-state index contributed by atoms with van der Waals surface area (Å²) in [4.78, 5) is 22.7. The number of amides is 1. The minimum absolute atomic E-state index is 0.0369. The Hall–Kier alpha value is -2.56. The fraction of sp³-hybridized carbons (Fsp3) is 0.143. The van der Waals surface area contributed by atoms with Gasteiger partial charge in [-0.2, -0.15) is 0 Å². The second kappa shape index (κ2) is 4.97. The number of aromatic hydroxyl groups is 1. The molecule has 0 fully saturated rings. The van der Waals surface area contributed by atoms with Gasteiger partial charge in [0.1, 0.15) is 5.75 Å². The molecule has 0 aliphatic heterocycles. The predicted octanol–water partition coefficient (Wildman–Crippen LogP) is 2.29. The summed E-state index contributed by atoms with van der Waals surface area (Å²) < 4.78 is 4.62. The number of rotatable bonds is 2. The van der Waals surface area contributed by atoms with E-state index in [1.165, 1.54) is 20.1 Å². The number of methoxy groups -OCH3 is 1. The number of fused-ring (bicyclic) bond motifs is 1. The van der Waals surface area contributed by atoms with Gasteiger partial charge in [0.25, 0.3) is 0 Å². The Kier molecular flexibility index (Phi) is 3.37. The van der Waals surface area contributed by atoms with Crippen LogP contribution in [0, 0.1) is 0 Å². The van der Waals surface area contributed by atoms with Gasteiger partial charge in [0.15, 0.2) is 0 Å². The van der Waals surface area contributed by atoms with E-state index in [0.717, 1.165) is 0 Å². The average molecular weight is 259 g/mol. The van der Waals surface area contributed by atoms with Crippen molar-refractivity contribution in [1.82, 2.24) is 0 Å². The van der Waals surface area contributed by atoms with Crippen LogP contribution >= 0.6 is 0 Å². The van der Waals surface area contributed by atoms with Crippen LogP contribution in [0.3, 0.4) is 0 Å². The fourth-order valence-corrected chi connectivity index (χ4v) is 1.90. The number of benzene rings is 2. The third-order valence-corrected chi connectivity index (χ3v) is 2.71. The van der Waals surface area contributed by atoms with Crippen molar-refractivity contribution in [2.45, 2.75) is 6.92 Å². The molecule has 0 unspecified atom stereocenters. The predicted molar refractivity (Wildman–Crippen MR) is 71.3 cm³/mol. The first-order valence-electron chi connectivity index (χ1n) is 5.64. The Balaban J connectivity index is 2.68. The zero-order valence-corrected chi connectivity index (χ0v) is 10.6. The van der Waals surface area contributed by atoms with Crippen LogP contribution in [-0.2, 0) is 9.53 Å². The van der Waals surface area contributed by atoms with E-state index in [0.29, 0.717) is 16.5 Å². The van der Waals surface area contributed by atoms with E-state index >= 15 is 0 Å². The van der Waals surface area contributed by atoms with Crippen molar-refractivity contribution < 1.29 is 19.4 Å². The molecule has 5 heteroatoms. The molecule has 2 rings (SSSR count). The Labute approximate surface area is 109 Å². The summed E-state index contributed by atoms with van der Waals surface area (Å²) in [6, 6.07) is 8.03. The van der Waals surface area contributed by atoms with Crippen molar-refractivity contribution in [2.24, 2.45) is 0 Å². The Morgan fingerprint density at radius 1 is 1.21 bits per heavy atom. The topological polar surface area (TPSA) is 75.6 Å². The van der Waals surface area contributed by atoms with Crippen molar-refractivity contribution in [2.75, 3.05) is 12.4 Å². The van der Waals surface area contributed by atoms with Gasteiger partial charge in [-0.25, -0.2) is 4.79 Å². The van der Waals surface area contributed by atoms with E-state index in [1.807, 2.05) is 0 Å². The summed E-state index contributed by atoms with van der Waals surface area (Å²) in [6.07, 6.45) is 0. The molecule has 0 bridgehead atoms. The lowest BCUT2D eigenvalue weighted by Gasteiger charge is -2.10. The second-order valence-corrected chi connectivity index (χ2v) is 4.07. The first-order valence-corrected chi connectivity index (χ1v) is 5.64. The van der Waals surface area contributed by atoms with Gasteiger partial charge in [-0.3, -0.25) is 4.79 Å². The van der Waals surface area contributed by atoms with Crippen LogP contribution in [0.25, 0.3) is 10.8 Å². The van der Waals surface area contributed by atoms with Crippen LogP contribution in [0.15, 0.2) is 30.3 Å². The molecule has 5 nitrogen and oxygen atoms in total. The molecule has 0 saturated heterocycles. The highest BCUT2D eigenvalue weighted by atomic mass is 16.5. The Morgan fingerprint density at radius 2 is 1.95 bits per heavy atom. The molecule has 0 saturated carbocycles. The monoisotopic (exact) mass is 259 g/mol. The lowest BCUT2D eigenvalue weighted by atomic mass is 10.0. The molecular weight excluding hydrogens is 246 g/mol. The zero-order valence-electron chi connectivity index (χ0n) is 10.6. The molecular formula is C14H13NO4. The summed E-state index contributed by atoms with van der Waals surface area (Å²) in [6.45, 7) is 1.39. The number of hydrogen-bond donors (Lipinski definition) is 2. The van der Waals surface area contributed by atoms with Crippen molar-refractivity contribution in [1.29, 1.82) is 0 Å². The number of ether oxygens (including phenoxy) is 1. The van der Waals surface area contributed by atoms with Crippen molar-refractivity contribution in [3.63, 3.8) is 0 Å². The molecule has 0 atom stereocenters. The fourth-order valence-electron chi connectivity index (χ4n) is 1.90. The summed E-state index contributed by atoms with van der Waals surface area (Å²) in [7, 11) is 1.27. The summed E-state index contributed by atoms with van der Waals surface area (Å²) in [5.41, 5.74) is 0.761. The number of phenolic OH excluding ortho intramolecular Hbond substituents is 1.